The van der Waals surface area contributed by atoms with E-state index in [0.29, 0.717) is 5.56 Å². The minimum Gasteiger partial charge on any atom is -0.297 e. The van der Waals surface area contributed by atoms with E-state index < -0.39 is 17.5 Å². The summed E-state index contributed by atoms with van der Waals surface area (Å²) >= 11 is 1.58. The van der Waals surface area contributed by atoms with Crippen molar-refractivity contribution < 1.29 is 14.0 Å². The van der Waals surface area contributed by atoms with Gasteiger partial charge in [0.15, 0.2) is 0 Å². The molecule has 0 spiro atoms. The molecule has 1 aliphatic rings. The lowest BCUT2D eigenvalue weighted by atomic mass is 10.1. The Hall–Kier alpha value is -2.01. The summed E-state index contributed by atoms with van der Waals surface area (Å²) in [5.41, 5.74) is 0.922. The predicted octanol–water partition coefficient (Wildman–Crippen LogP) is 3.49. The van der Waals surface area contributed by atoms with Gasteiger partial charge < -0.3 is 0 Å². The molecular weight excluding hydrogens is 289 g/mol. The average molecular weight is 303 g/mol. The molecule has 3 nitrogen and oxygen atoms in total. The molecule has 2 heterocycles. The smallest absolute Gasteiger partial charge is 0.297 e. The zero-order chi connectivity index (χ0) is 15.1. The van der Waals surface area contributed by atoms with Crippen LogP contribution >= 0.6 is 11.3 Å². The largest absolute Gasteiger partial charge is 0.299 e. The van der Waals surface area contributed by atoms with Crippen molar-refractivity contribution in [1.29, 1.82) is 0 Å². The van der Waals surface area contributed by atoms with Crippen LogP contribution in [0.2, 0.25) is 0 Å². The number of carbonyl (C=O) groups excluding carboxylic acids is 2. The van der Waals surface area contributed by atoms with Crippen LogP contribution in [0.15, 0.2) is 24.3 Å². The molecule has 0 saturated heterocycles. The Balaban J connectivity index is 2.01. The van der Waals surface area contributed by atoms with Crippen LogP contribution in [0.4, 0.5) is 10.1 Å². The number of amides is 1. The van der Waals surface area contributed by atoms with Gasteiger partial charge in [-0.25, -0.2) is 4.39 Å². The van der Waals surface area contributed by atoms with E-state index in [0.717, 1.165) is 11.3 Å². The predicted molar refractivity (Wildman–Crippen MR) is 80.4 cm³/mol. The van der Waals surface area contributed by atoms with Gasteiger partial charge in [0.05, 0.1) is 17.8 Å². The number of anilines is 1. The first-order valence-corrected chi connectivity index (χ1v) is 7.57. The van der Waals surface area contributed by atoms with Gasteiger partial charge in [-0.05, 0) is 43.2 Å². The Labute approximate surface area is 126 Å². The van der Waals surface area contributed by atoms with Gasteiger partial charge in [-0.2, -0.15) is 0 Å². The number of carbonyl (C=O) groups is 2. The fraction of sp³-hybridized carbons (Fsp3) is 0.250. The van der Waals surface area contributed by atoms with Crippen LogP contribution in [-0.4, -0.2) is 11.7 Å². The SMILES string of the molecule is CCc1ccc(CN2C(=O)C(=O)c3cc(C)cc(F)c32)s1. The van der Waals surface area contributed by atoms with Crippen LogP contribution in [0, 0.1) is 12.7 Å². The van der Waals surface area contributed by atoms with Gasteiger partial charge >= 0.3 is 0 Å². The molecule has 0 aliphatic carbocycles. The Morgan fingerprint density at radius 3 is 2.57 bits per heavy atom. The Kier molecular flexibility index (Phi) is 3.37. The highest BCUT2D eigenvalue weighted by Crippen LogP contribution is 2.34. The first-order valence-electron chi connectivity index (χ1n) is 6.75. The number of nitrogens with zero attached hydrogens (tertiary/aromatic N) is 1. The monoisotopic (exact) mass is 303 g/mol. The quantitative estimate of drug-likeness (QED) is 0.814. The Morgan fingerprint density at radius 2 is 1.90 bits per heavy atom. The van der Waals surface area contributed by atoms with Gasteiger partial charge in [0.2, 0.25) is 0 Å². The maximum absolute atomic E-state index is 14.2. The molecule has 1 amide bonds. The molecule has 21 heavy (non-hydrogen) atoms. The lowest BCUT2D eigenvalue weighted by Crippen LogP contribution is -2.29. The number of aryl methyl sites for hydroxylation is 2. The van der Waals surface area contributed by atoms with Crippen molar-refractivity contribution >= 4 is 28.7 Å². The molecule has 108 valence electrons. The van der Waals surface area contributed by atoms with Crippen molar-refractivity contribution in [3.05, 3.63) is 51.0 Å². The summed E-state index contributed by atoms with van der Waals surface area (Å²) in [7, 11) is 0. The van der Waals surface area contributed by atoms with Crippen molar-refractivity contribution in [3.8, 4) is 0 Å². The third-order valence-electron chi connectivity index (χ3n) is 3.54. The number of hydrogen-bond acceptors (Lipinski definition) is 3. The second kappa shape index (κ2) is 5.07. The fourth-order valence-corrected chi connectivity index (χ4v) is 3.47. The number of thiophene rings is 1. The molecule has 5 heteroatoms. The molecular formula is C16H14FNO2S. The fourth-order valence-electron chi connectivity index (χ4n) is 2.53. The zero-order valence-corrected chi connectivity index (χ0v) is 12.6. The van der Waals surface area contributed by atoms with E-state index in [-0.39, 0.29) is 17.8 Å². The van der Waals surface area contributed by atoms with E-state index >= 15 is 0 Å². The summed E-state index contributed by atoms with van der Waals surface area (Å²) in [6.45, 7) is 4.00. The van der Waals surface area contributed by atoms with E-state index in [1.165, 1.54) is 15.8 Å². The Morgan fingerprint density at radius 1 is 1.19 bits per heavy atom. The van der Waals surface area contributed by atoms with Crippen molar-refractivity contribution in [2.45, 2.75) is 26.8 Å². The van der Waals surface area contributed by atoms with Crippen LogP contribution in [0.25, 0.3) is 0 Å². The summed E-state index contributed by atoms with van der Waals surface area (Å²) in [5.74, 6) is -1.79. The summed E-state index contributed by atoms with van der Waals surface area (Å²) in [5, 5.41) is 0. The molecule has 0 atom stereocenters. The molecule has 0 radical (unpaired) electrons. The van der Waals surface area contributed by atoms with E-state index in [2.05, 4.69) is 6.92 Å². The molecule has 0 fully saturated rings. The van der Waals surface area contributed by atoms with Gasteiger partial charge in [0, 0.05) is 9.75 Å². The number of hydrogen-bond donors (Lipinski definition) is 0. The maximum atomic E-state index is 14.2. The Bertz CT molecular complexity index is 751. The molecule has 0 N–H and O–H groups in total. The third-order valence-corrected chi connectivity index (χ3v) is 4.76. The van der Waals surface area contributed by atoms with E-state index in [4.69, 9.17) is 0 Å². The first kappa shape index (κ1) is 13.9. The highest BCUT2D eigenvalue weighted by atomic mass is 32.1. The van der Waals surface area contributed by atoms with Gasteiger partial charge in [-0.1, -0.05) is 6.92 Å². The second-order valence-corrected chi connectivity index (χ2v) is 6.34. The lowest BCUT2D eigenvalue weighted by Gasteiger charge is -2.16. The van der Waals surface area contributed by atoms with E-state index in [9.17, 15) is 14.0 Å². The zero-order valence-electron chi connectivity index (χ0n) is 11.8. The average Bonchev–Trinajstić information content (AvgIpc) is 2.98. The number of fused-ring (bicyclic) bond motifs is 1. The highest BCUT2D eigenvalue weighted by Gasteiger charge is 2.38. The number of Topliss-reactive ketones (excluding diaryl/α,β-unsaturated/α-hetero) is 1. The van der Waals surface area contributed by atoms with Gasteiger partial charge in [0.1, 0.15) is 5.82 Å². The van der Waals surface area contributed by atoms with Gasteiger partial charge in [-0.3, -0.25) is 14.5 Å². The molecule has 0 unspecified atom stereocenters. The van der Waals surface area contributed by atoms with Crippen molar-refractivity contribution in [3.63, 3.8) is 0 Å². The molecule has 1 aromatic carbocycles. The van der Waals surface area contributed by atoms with Crippen LogP contribution in [0.1, 0.15) is 32.6 Å². The van der Waals surface area contributed by atoms with Crippen LogP contribution in [0.3, 0.4) is 0 Å². The maximum Gasteiger partial charge on any atom is 0.299 e. The lowest BCUT2D eigenvalue weighted by molar-refractivity contribution is -0.114. The summed E-state index contributed by atoms with van der Waals surface area (Å²) in [6, 6.07) is 6.84. The summed E-state index contributed by atoms with van der Waals surface area (Å²) in [4.78, 5) is 27.5. The number of rotatable bonds is 3. The van der Waals surface area contributed by atoms with Crippen molar-refractivity contribution in [2.75, 3.05) is 4.90 Å². The number of halogens is 1. The topological polar surface area (TPSA) is 37.4 Å². The summed E-state index contributed by atoms with van der Waals surface area (Å²) in [6.07, 6.45) is 0.918. The molecule has 1 aromatic heterocycles. The molecule has 1 aliphatic heterocycles. The highest BCUT2D eigenvalue weighted by molar-refractivity contribution is 7.12. The van der Waals surface area contributed by atoms with Crippen LogP contribution in [-0.2, 0) is 17.8 Å². The minimum atomic E-state index is -0.652. The molecule has 3 rings (SSSR count). The number of benzene rings is 1. The number of ketones is 1. The van der Waals surface area contributed by atoms with Crippen molar-refractivity contribution in [2.24, 2.45) is 0 Å². The third kappa shape index (κ3) is 2.27. The van der Waals surface area contributed by atoms with Gasteiger partial charge in [-0.15, -0.1) is 11.3 Å². The van der Waals surface area contributed by atoms with E-state index in [1.54, 1.807) is 24.3 Å². The minimum absolute atomic E-state index is 0.113. The molecule has 2 aromatic rings. The van der Waals surface area contributed by atoms with Crippen LogP contribution in [0.5, 0.6) is 0 Å². The standard InChI is InChI=1S/C16H14FNO2S/c1-3-10-4-5-11(21-10)8-18-14-12(15(19)16(18)20)6-9(2)7-13(14)17/h4-7H,3,8H2,1-2H3. The van der Waals surface area contributed by atoms with Crippen LogP contribution < -0.4 is 4.90 Å². The summed E-state index contributed by atoms with van der Waals surface area (Å²) < 4.78 is 14.2. The molecule has 0 saturated carbocycles. The van der Waals surface area contributed by atoms with E-state index in [1.807, 2.05) is 12.1 Å². The normalized spacial score (nSPS) is 14.0. The van der Waals surface area contributed by atoms with Gasteiger partial charge in [0.25, 0.3) is 11.7 Å². The van der Waals surface area contributed by atoms with Crippen molar-refractivity contribution in [1.82, 2.24) is 0 Å². The molecule has 0 bridgehead atoms. The first-order chi connectivity index (χ1) is 10.0. The second-order valence-electron chi connectivity index (χ2n) is 5.08.